The quantitative estimate of drug-likeness (QED) is 0.759. The van der Waals surface area contributed by atoms with E-state index in [2.05, 4.69) is 12.2 Å². The van der Waals surface area contributed by atoms with E-state index < -0.39 is 0 Å². The maximum absolute atomic E-state index is 11.7. The molecule has 16 heavy (non-hydrogen) atoms. The summed E-state index contributed by atoms with van der Waals surface area (Å²) in [5.74, 6) is 0.924. The molecule has 0 spiro atoms. The van der Waals surface area contributed by atoms with Crippen molar-refractivity contribution in [1.82, 2.24) is 10.2 Å². The fourth-order valence-corrected chi connectivity index (χ4v) is 2.54. The maximum atomic E-state index is 11.7. The van der Waals surface area contributed by atoms with Crippen molar-refractivity contribution in [1.29, 1.82) is 0 Å². The second kappa shape index (κ2) is 5.64. The lowest BCUT2D eigenvalue weighted by Gasteiger charge is -2.25. The molecule has 0 saturated carbocycles. The number of ether oxygens (including phenoxy) is 1. The number of nitrogens with zero attached hydrogens (tertiary/aromatic N) is 1. The molecule has 0 radical (unpaired) electrons. The molecule has 0 aromatic heterocycles. The van der Waals surface area contributed by atoms with Crippen LogP contribution in [0, 0.1) is 5.92 Å². The van der Waals surface area contributed by atoms with E-state index in [1.54, 1.807) is 0 Å². The largest absolute Gasteiger partial charge is 0.381 e. The minimum Gasteiger partial charge on any atom is -0.381 e. The highest BCUT2D eigenvalue weighted by Crippen LogP contribution is 2.19. The van der Waals surface area contributed by atoms with Crippen molar-refractivity contribution in [3.8, 4) is 0 Å². The van der Waals surface area contributed by atoms with Crippen LogP contribution in [0.5, 0.6) is 0 Å². The number of hydrogen-bond acceptors (Lipinski definition) is 3. The van der Waals surface area contributed by atoms with Gasteiger partial charge in [0.25, 0.3) is 0 Å². The number of carbonyl (C=O) groups is 1. The molecule has 0 aromatic carbocycles. The molecule has 0 bridgehead atoms. The third kappa shape index (κ3) is 2.74. The van der Waals surface area contributed by atoms with Crippen LogP contribution in [0.4, 0.5) is 0 Å². The molecular formula is C12H22N2O2. The Labute approximate surface area is 97.3 Å². The zero-order valence-corrected chi connectivity index (χ0v) is 10.1. The lowest BCUT2D eigenvalue weighted by Crippen LogP contribution is -2.38. The van der Waals surface area contributed by atoms with Gasteiger partial charge in [0.2, 0.25) is 5.91 Å². The Morgan fingerprint density at radius 1 is 1.50 bits per heavy atom. The smallest absolute Gasteiger partial charge is 0.237 e. The molecule has 2 rings (SSSR count). The van der Waals surface area contributed by atoms with Crippen molar-refractivity contribution >= 4 is 5.91 Å². The zero-order valence-electron chi connectivity index (χ0n) is 10.1. The van der Waals surface area contributed by atoms with Gasteiger partial charge in [0, 0.05) is 19.8 Å². The molecule has 1 amide bonds. The number of amides is 1. The van der Waals surface area contributed by atoms with Crippen LogP contribution in [0.1, 0.15) is 32.6 Å². The van der Waals surface area contributed by atoms with E-state index in [-0.39, 0.29) is 12.1 Å². The highest BCUT2D eigenvalue weighted by atomic mass is 16.5. The summed E-state index contributed by atoms with van der Waals surface area (Å²) in [5, 5.41) is 3.28. The lowest BCUT2D eigenvalue weighted by atomic mass is 10.0. The van der Waals surface area contributed by atoms with Crippen molar-refractivity contribution in [2.24, 2.45) is 5.92 Å². The molecule has 2 atom stereocenters. The van der Waals surface area contributed by atoms with Gasteiger partial charge in [-0.2, -0.15) is 0 Å². The minimum absolute atomic E-state index is 0.261. The standard InChI is InChI=1S/C12H22N2O2/c1-2-3-11-13-8-12(15)14(11)6-4-10-5-7-16-9-10/h10-11,13H,2-9H2,1H3. The lowest BCUT2D eigenvalue weighted by molar-refractivity contribution is -0.128. The van der Waals surface area contributed by atoms with Gasteiger partial charge in [-0.25, -0.2) is 0 Å². The molecule has 2 aliphatic heterocycles. The Kier molecular flexibility index (Phi) is 4.18. The maximum Gasteiger partial charge on any atom is 0.237 e. The topological polar surface area (TPSA) is 41.6 Å². The molecule has 2 saturated heterocycles. The van der Waals surface area contributed by atoms with Gasteiger partial charge in [0.05, 0.1) is 12.7 Å². The minimum atomic E-state index is 0.261. The first-order valence-electron chi connectivity index (χ1n) is 6.42. The predicted molar refractivity (Wildman–Crippen MR) is 62.0 cm³/mol. The molecule has 2 aliphatic rings. The SMILES string of the molecule is CCCC1NCC(=O)N1CCC1CCOC1. The van der Waals surface area contributed by atoms with Crippen LogP contribution in [0.2, 0.25) is 0 Å². The van der Waals surface area contributed by atoms with Gasteiger partial charge in [0.1, 0.15) is 0 Å². The highest BCUT2D eigenvalue weighted by molar-refractivity contribution is 5.80. The highest BCUT2D eigenvalue weighted by Gasteiger charge is 2.30. The molecule has 1 N–H and O–H groups in total. The Hall–Kier alpha value is -0.610. The van der Waals surface area contributed by atoms with Crippen LogP contribution < -0.4 is 5.32 Å². The van der Waals surface area contributed by atoms with E-state index in [4.69, 9.17) is 4.74 Å². The summed E-state index contributed by atoms with van der Waals surface area (Å²) in [6, 6.07) is 0. The van der Waals surface area contributed by atoms with Crippen LogP contribution in [0.15, 0.2) is 0 Å². The Balaban J connectivity index is 1.78. The van der Waals surface area contributed by atoms with Crippen molar-refractivity contribution in [3.63, 3.8) is 0 Å². The Morgan fingerprint density at radius 3 is 3.06 bits per heavy atom. The predicted octanol–water partition coefficient (Wildman–Crippen LogP) is 0.971. The van der Waals surface area contributed by atoms with Crippen molar-refractivity contribution < 1.29 is 9.53 Å². The molecule has 92 valence electrons. The van der Waals surface area contributed by atoms with Crippen LogP contribution in [0.25, 0.3) is 0 Å². The van der Waals surface area contributed by atoms with Crippen LogP contribution in [-0.4, -0.2) is 43.3 Å². The molecule has 4 heteroatoms. The molecule has 0 aliphatic carbocycles. The summed E-state index contributed by atoms with van der Waals surface area (Å²) in [4.78, 5) is 13.7. The van der Waals surface area contributed by atoms with Crippen LogP contribution >= 0.6 is 0 Å². The van der Waals surface area contributed by atoms with Gasteiger partial charge < -0.3 is 9.64 Å². The molecule has 2 unspecified atom stereocenters. The van der Waals surface area contributed by atoms with Crippen molar-refractivity contribution in [3.05, 3.63) is 0 Å². The van der Waals surface area contributed by atoms with Crippen molar-refractivity contribution in [2.45, 2.75) is 38.8 Å². The van der Waals surface area contributed by atoms with E-state index in [1.165, 1.54) is 0 Å². The normalized spacial score (nSPS) is 30.3. The second-order valence-electron chi connectivity index (χ2n) is 4.79. The van der Waals surface area contributed by atoms with Crippen LogP contribution in [-0.2, 0) is 9.53 Å². The second-order valence-corrected chi connectivity index (χ2v) is 4.79. The first kappa shape index (κ1) is 11.9. The third-order valence-electron chi connectivity index (χ3n) is 3.55. The first-order valence-corrected chi connectivity index (χ1v) is 6.42. The number of nitrogens with one attached hydrogen (secondary N) is 1. The van der Waals surface area contributed by atoms with E-state index in [0.29, 0.717) is 12.5 Å². The number of rotatable bonds is 5. The van der Waals surface area contributed by atoms with E-state index >= 15 is 0 Å². The van der Waals surface area contributed by atoms with E-state index in [0.717, 1.165) is 45.4 Å². The molecule has 2 fully saturated rings. The van der Waals surface area contributed by atoms with E-state index in [9.17, 15) is 4.79 Å². The van der Waals surface area contributed by atoms with Gasteiger partial charge >= 0.3 is 0 Å². The summed E-state index contributed by atoms with van der Waals surface area (Å²) >= 11 is 0. The van der Waals surface area contributed by atoms with E-state index in [1.807, 2.05) is 4.90 Å². The van der Waals surface area contributed by atoms with Crippen molar-refractivity contribution in [2.75, 3.05) is 26.3 Å². The third-order valence-corrected chi connectivity index (χ3v) is 3.55. The summed E-state index contributed by atoms with van der Waals surface area (Å²) in [5.41, 5.74) is 0. The Bertz CT molecular complexity index is 239. The molecule has 0 aromatic rings. The number of hydrogen-bond donors (Lipinski definition) is 1. The zero-order chi connectivity index (χ0) is 11.4. The van der Waals surface area contributed by atoms with Crippen LogP contribution in [0.3, 0.4) is 0 Å². The fourth-order valence-electron chi connectivity index (χ4n) is 2.54. The van der Waals surface area contributed by atoms with Gasteiger partial charge in [-0.15, -0.1) is 0 Å². The summed E-state index contributed by atoms with van der Waals surface area (Å²) in [7, 11) is 0. The van der Waals surface area contributed by atoms with Gasteiger partial charge in [-0.05, 0) is 25.2 Å². The molecular weight excluding hydrogens is 204 g/mol. The average Bonchev–Trinajstić information content (AvgIpc) is 2.88. The van der Waals surface area contributed by atoms with Gasteiger partial charge in [-0.1, -0.05) is 13.3 Å². The Morgan fingerprint density at radius 2 is 2.38 bits per heavy atom. The first-order chi connectivity index (χ1) is 7.81. The monoisotopic (exact) mass is 226 g/mol. The summed E-state index contributed by atoms with van der Waals surface area (Å²) < 4.78 is 5.35. The molecule has 4 nitrogen and oxygen atoms in total. The summed E-state index contributed by atoms with van der Waals surface area (Å²) in [6.07, 6.45) is 4.71. The van der Waals surface area contributed by atoms with Gasteiger partial charge in [-0.3, -0.25) is 10.1 Å². The average molecular weight is 226 g/mol. The number of carbonyl (C=O) groups excluding carboxylic acids is 1. The fraction of sp³-hybridized carbons (Fsp3) is 0.917. The van der Waals surface area contributed by atoms with Gasteiger partial charge in [0.15, 0.2) is 0 Å². The summed E-state index contributed by atoms with van der Waals surface area (Å²) in [6.45, 7) is 5.35. The molecule has 2 heterocycles.